The van der Waals surface area contributed by atoms with Gasteiger partial charge in [0.05, 0.1) is 12.7 Å². The molecule has 0 aliphatic rings. The van der Waals surface area contributed by atoms with Crippen molar-refractivity contribution >= 4 is 0 Å². The fraction of sp³-hybridized carbons (Fsp3) is 0.412. The predicted molar refractivity (Wildman–Crippen MR) is 80.2 cm³/mol. The van der Waals surface area contributed by atoms with Crippen LogP contribution in [0.5, 0.6) is 0 Å². The monoisotopic (exact) mass is 258 g/mol. The summed E-state index contributed by atoms with van der Waals surface area (Å²) < 4.78 is 0. The van der Waals surface area contributed by atoms with Gasteiger partial charge in [-0.2, -0.15) is 0 Å². The van der Waals surface area contributed by atoms with Crippen molar-refractivity contribution in [2.75, 3.05) is 6.61 Å². The highest BCUT2D eigenvalue weighted by atomic mass is 16.3. The maximum Gasteiger partial charge on any atom is 0.0621 e. The number of hydrogen-bond donors (Lipinski definition) is 2. The normalized spacial score (nSPS) is 12.4. The van der Waals surface area contributed by atoms with Crippen LogP contribution in [-0.2, 0) is 0 Å². The molecule has 0 spiro atoms. The summed E-state index contributed by atoms with van der Waals surface area (Å²) in [4.78, 5) is 0. The van der Waals surface area contributed by atoms with Crippen LogP contribution in [0, 0.1) is 23.7 Å². The Morgan fingerprint density at radius 1 is 1.00 bits per heavy atom. The molecule has 0 heterocycles. The van der Waals surface area contributed by atoms with Gasteiger partial charge in [0.2, 0.25) is 0 Å². The second-order valence-electron chi connectivity index (χ2n) is 3.93. The van der Waals surface area contributed by atoms with Crippen molar-refractivity contribution in [3.05, 3.63) is 36.5 Å². The molecule has 0 saturated carbocycles. The van der Waals surface area contributed by atoms with E-state index < -0.39 is 0 Å². The highest BCUT2D eigenvalue weighted by molar-refractivity contribution is 5.34. The third-order valence-corrected chi connectivity index (χ3v) is 2.23. The van der Waals surface area contributed by atoms with E-state index in [1.807, 2.05) is 18.2 Å². The van der Waals surface area contributed by atoms with E-state index in [9.17, 15) is 5.11 Å². The van der Waals surface area contributed by atoms with E-state index in [0.717, 1.165) is 25.7 Å². The molecule has 0 amide bonds. The minimum absolute atomic E-state index is 0.000239. The number of aliphatic hydroxyl groups is 2. The molecule has 0 bridgehead atoms. The zero-order chi connectivity index (χ0) is 14.2. The second-order valence-corrected chi connectivity index (χ2v) is 3.93. The van der Waals surface area contributed by atoms with E-state index in [1.165, 1.54) is 0 Å². The number of aliphatic hydroxyl groups excluding tert-OH is 2. The van der Waals surface area contributed by atoms with Crippen molar-refractivity contribution < 1.29 is 10.2 Å². The van der Waals surface area contributed by atoms with Gasteiger partial charge < -0.3 is 10.2 Å². The molecular formula is C17H22O2. The zero-order valence-electron chi connectivity index (χ0n) is 11.5. The Kier molecular flexibility index (Phi) is 13.0. The summed E-state index contributed by atoms with van der Waals surface area (Å²) >= 11 is 0. The summed E-state index contributed by atoms with van der Waals surface area (Å²) in [6.07, 6.45) is 14.1. The highest BCUT2D eigenvalue weighted by Gasteiger charge is 1.98. The summed E-state index contributed by atoms with van der Waals surface area (Å²) in [6, 6.07) is 0. The van der Waals surface area contributed by atoms with Gasteiger partial charge in [-0.1, -0.05) is 49.5 Å². The third-order valence-electron chi connectivity index (χ3n) is 2.23. The van der Waals surface area contributed by atoms with Crippen molar-refractivity contribution in [2.45, 2.75) is 38.7 Å². The van der Waals surface area contributed by atoms with E-state index in [4.69, 9.17) is 5.11 Å². The summed E-state index contributed by atoms with van der Waals surface area (Å²) in [5.41, 5.74) is 0. The number of hydrogen-bond acceptors (Lipinski definition) is 2. The SMILES string of the molecule is CCCC(O)CC/C=C/C=C/C#CC#C/C=C/CO. The molecule has 0 aromatic heterocycles. The first kappa shape index (κ1) is 17.3. The Bertz CT molecular complexity index is 408. The van der Waals surface area contributed by atoms with Crippen molar-refractivity contribution in [1.29, 1.82) is 0 Å². The largest absolute Gasteiger partial charge is 0.393 e. The van der Waals surface area contributed by atoms with Crippen LogP contribution in [0.2, 0.25) is 0 Å². The smallest absolute Gasteiger partial charge is 0.0621 e. The summed E-state index contributed by atoms with van der Waals surface area (Å²) in [5.74, 6) is 10.8. The average molecular weight is 258 g/mol. The van der Waals surface area contributed by atoms with E-state index in [0.29, 0.717) is 0 Å². The third kappa shape index (κ3) is 14.2. The second kappa shape index (κ2) is 14.3. The molecule has 1 unspecified atom stereocenters. The minimum Gasteiger partial charge on any atom is -0.393 e. The molecule has 0 radical (unpaired) electrons. The van der Waals surface area contributed by atoms with Crippen LogP contribution in [0.4, 0.5) is 0 Å². The number of allylic oxidation sites excluding steroid dienone is 5. The summed E-state index contributed by atoms with van der Waals surface area (Å²) in [5, 5.41) is 17.9. The van der Waals surface area contributed by atoms with Gasteiger partial charge in [-0.05, 0) is 43.3 Å². The van der Waals surface area contributed by atoms with Gasteiger partial charge in [0.1, 0.15) is 0 Å². The molecular weight excluding hydrogens is 236 g/mol. The van der Waals surface area contributed by atoms with Gasteiger partial charge in [0.25, 0.3) is 0 Å². The molecule has 102 valence electrons. The summed E-state index contributed by atoms with van der Waals surface area (Å²) in [7, 11) is 0. The van der Waals surface area contributed by atoms with Crippen LogP contribution in [0.3, 0.4) is 0 Å². The van der Waals surface area contributed by atoms with Gasteiger partial charge >= 0.3 is 0 Å². The van der Waals surface area contributed by atoms with E-state index in [2.05, 4.69) is 30.6 Å². The van der Waals surface area contributed by atoms with Crippen molar-refractivity contribution in [2.24, 2.45) is 0 Å². The molecule has 0 aliphatic heterocycles. The topological polar surface area (TPSA) is 40.5 Å². The first-order valence-electron chi connectivity index (χ1n) is 6.58. The molecule has 2 nitrogen and oxygen atoms in total. The lowest BCUT2D eigenvalue weighted by Gasteiger charge is -2.05. The Morgan fingerprint density at radius 3 is 2.42 bits per heavy atom. The van der Waals surface area contributed by atoms with Gasteiger partial charge in [-0.25, -0.2) is 0 Å². The molecule has 0 aromatic carbocycles. The Balaban J connectivity index is 3.75. The molecule has 0 rings (SSSR count). The van der Waals surface area contributed by atoms with Crippen LogP contribution in [0.1, 0.15) is 32.6 Å². The number of rotatable bonds is 7. The lowest BCUT2D eigenvalue weighted by atomic mass is 10.1. The first-order chi connectivity index (χ1) is 9.31. The lowest BCUT2D eigenvalue weighted by Crippen LogP contribution is -2.04. The fourth-order valence-electron chi connectivity index (χ4n) is 1.31. The Labute approximate surface area is 116 Å². The van der Waals surface area contributed by atoms with Crippen LogP contribution in [-0.4, -0.2) is 22.9 Å². The predicted octanol–water partition coefficient (Wildman–Crippen LogP) is 2.60. The van der Waals surface area contributed by atoms with Gasteiger partial charge in [-0.3, -0.25) is 0 Å². The average Bonchev–Trinajstić information content (AvgIpc) is 2.40. The Hall–Kier alpha value is -1.74. The Morgan fingerprint density at radius 2 is 1.74 bits per heavy atom. The van der Waals surface area contributed by atoms with E-state index in [-0.39, 0.29) is 12.7 Å². The van der Waals surface area contributed by atoms with Gasteiger partial charge in [-0.15, -0.1) is 0 Å². The summed E-state index contributed by atoms with van der Waals surface area (Å²) in [6.45, 7) is 2.07. The van der Waals surface area contributed by atoms with Gasteiger partial charge in [0.15, 0.2) is 0 Å². The highest BCUT2D eigenvalue weighted by Crippen LogP contribution is 2.04. The van der Waals surface area contributed by atoms with Crippen LogP contribution >= 0.6 is 0 Å². The molecule has 0 aromatic rings. The van der Waals surface area contributed by atoms with Crippen LogP contribution in [0.25, 0.3) is 0 Å². The van der Waals surface area contributed by atoms with Crippen molar-refractivity contribution in [1.82, 2.24) is 0 Å². The molecule has 0 saturated heterocycles. The molecule has 0 fully saturated rings. The van der Waals surface area contributed by atoms with E-state index in [1.54, 1.807) is 18.2 Å². The zero-order valence-corrected chi connectivity index (χ0v) is 11.5. The quantitative estimate of drug-likeness (QED) is 0.544. The maximum atomic E-state index is 9.50. The molecule has 0 aliphatic carbocycles. The molecule has 2 N–H and O–H groups in total. The lowest BCUT2D eigenvalue weighted by molar-refractivity contribution is 0.155. The van der Waals surface area contributed by atoms with Crippen molar-refractivity contribution in [3.8, 4) is 23.7 Å². The van der Waals surface area contributed by atoms with Crippen LogP contribution < -0.4 is 0 Å². The molecule has 19 heavy (non-hydrogen) atoms. The fourth-order valence-corrected chi connectivity index (χ4v) is 1.31. The maximum absolute atomic E-state index is 9.50. The molecule has 1 atom stereocenters. The standard InChI is InChI=1S/C17H22O2/c1-2-14-17(19)15-12-10-8-6-4-3-5-7-9-11-13-16-18/h4,6,8,10-11,13,17-19H,2,12,14-16H2,1H3/b6-4+,10-8+,13-11+. The first-order valence-corrected chi connectivity index (χ1v) is 6.58. The minimum atomic E-state index is -0.180. The van der Waals surface area contributed by atoms with E-state index >= 15 is 0 Å². The van der Waals surface area contributed by atoms with Crippen molar-refractivity contribution in [3.63, 3.8) is 0 Å². The van der Waals surface area contributed by atoms with Crippen LogP contribution in [0.15, 0.2) is 36.5 Å². The molecule has 2 heteroatoms. The van der Waals surface area contributed by atoms with Gasteiger partial charge in [0, 0.05) is 0 Å².